The SMILES string of the molecule is CC(C)Nc1cc(NCCc2cc(=O)[nH]cn2)ncn1. The van der Waals surface area contributed by atoms with Crippen LogP contribution in [0.3, 0.4) is 0 Å². The number of hydrogen-bond donors (Lipinski definition) is 3. The Labute approximate surface area is 116 Å². The van der Waals surface area contributed by atoms with Crippen LogP contribution < -0.4 is 16.2 Å². The molecule has 0 spiro atoms. The van der Waals surface area contributed by atoms with E-state index in [1.807, 2.05) is 19.9 Å². The highest BCUT2D eigenvalue weighted by Crippen LogP contribution is 2.09. The molecule has 0 atom stereocenters. The van der Waals surface area contributed by atoms with Crippen molar-refractivity contribution in [3.63, 3.8) is 0 Å². The number of H-pyrrole nitrogens is 1. The molecule has 2 rings (SSSR count). The zero-order valence-electron chi connectivity index (χ0n) is 11.6. The summed E-state index contributed by atoms with van der Waals surface area (Å²) in [6.45, 7) is 4.75. The van der Waals surface area contributed by atoms with Gasteiger partial charge in [-0.05, 0) is 13.8 Å². The van der Waals surface area contributed by atoms with Gasteiger partial charge in [-0.1, -0.05) is 0 Å². The summed E-state index contributed by atoms with van der Waals surface area (Å²) in [7, 11) is 0. The van der Waals surface area contributed by atoms with Crippen LogP contribution >= 0.6 is 0 Å². The molecule has 106 valence electrons. The molecule has 0 saturated carbocycles. The summed E-state index contributed by atoms with van der Waals surface area (Å²) < 4.78 is 0. The maximum Gasteiger partial charge on any atom is 0.250 e. The minimum atomic E-state index is -0.138. The van der Waals surface area contributed by atoms with Crippen LogP contribution in [0.15, 0.2) is 29.6 Å². The van der Waals surface area contributed by atoms with Crippen molar-refractivity contribution in [2.45, 2.75) is 26.3 Å². The number of nitrogens with zero attached hydrogens (tertiary/aromatic N) is 3. The lowest BCUT2D eigenvalue weighted by molar-refractivity contribution is 0.884. The molecule has 0 radical (unpaired) electrons. The van der Waals surface area contributed by atoms with Crippen molar-refractivity contribution in [2.24, 2.45) is 0 Å². The average molecular weight is 274 g/mol. The van der Waals surface area contributed by atoms with E-state index in [0.29, 0.717) is 19.0 Å². The molecule has 0 fully saturated rings. The molecule has 0 aliphatic carbocycles. The monoisotopic (exact) mass is 274 g/mol. The molecule has 0 aliphatic heterocycles. The Balaban J connectivity index is 1.89. The van der Waals surface area contributed by atoms with E-state index in [4.69, 9.17) is 0 Å². The van der Waals surface area contributed by atoms with Gasteiger partial charge < -0.3 is 15.6 Å². The van der Waals surface area contributed by atoms with Crippen LogP contribution in [0.5, 0.6) is 0 Å². The lowest BCUT2D eigenvalue weighted by Crippen LogP contribution is -2.13. The molecule has 0 aromatic carbocycles. The molecule has 2 heterocycles. The van der Waals surface area contributed by atoms with Gasteiger partial charge in [-0.2, -0.15) is 0 Å². The molecule has 7 nitrogen and oxygen atoms in total. The normalized spacial score (nSPS) is 10.6. The molecule has 0 saturated heterocycles. The average Bonchev–Trinajstić information content (AvgIpc) is 2.38. The molecule has 20 heavy (non-hydrogen) atoms. The summed E-state index contributed by atoms with van der Waals surface area (Å²) in [5.74, 6) is 1.53. The summed E-state index contributed by atoms with van der Waals surface area (Å²) in [6, 6.07) is 3.66. The predicted octanol–water partition coefficient (Wildman–Crippen LogP) is 1.03. The van der Waals surface area contributed by atoms with Crippen LogP contribution in [0.1, 0.15) is 19.5 Å². The smallest absolute Gasteiger partial charge is 0.250 e. The molecular weight excluding hydrogens is 256 g/mol. The maximum absolute atomic E-state index is 11.1. The highest BCUT2D eigenvalue weighted by atomic mass is 16.1. The van der Waals surface area contributed by atoms with Crippen LogP contribution in [-0.4, -0.2) is 32.5 Å². The zero-order valence-corrected chi connectivity index (χ0v) is 11.6. The minimum absolute atomic E-state index is 0.138. The minimum Gasteiger partial charge on any atom is -0.370 e. The molecule has 2 aromatic heterocycles. The van der Waals surface area contributed by atoms with Gasteiger partial charge in [0.15, 0.2) is 0 Å². The fourth-order valence-corrected chi connectivity index (χ4v) is 1.69. The molecule has 3 N–H and O–H groups in total. The number of aromatic nitrogens is 4. The number of hydrogen-bond acceptors (Lipinski definition) is 6. The van der Waals surface area contributed by atoms with Crippen LogP contribution in [0.25, 0.3) is 0 Å². The second kappa shape index (κ2) is 6.65. The van der Waals surface area contributed by atoms with Gasteiger partial charge in [0, 0.05) is 36.8 Å². The molecule has 7 heteroatoms. The highest BCUT2D eigenvalue weighted by molar-refractivity contribution is 5.46. The molecule has 0 aliphatic rings. The van der Waals surface area contributed by atoms with Gasteiger partial charge in [-0.3, -0.25) is 4.79 Å². The molecule has 0 amide bonds. The van der Waals surface area contributed by atoms with E-state index in [9.17, 15) is 4.79 Å². The lowest BCUT2D eigenvalue weighted by atomic mass is 10.3. The number of rotatable bonds is 6. The van der Waals surface area contributed by atoms with Gasteiger partial charge in [0.1, 0.15) is 18.0 Å². The third-order valence-corrected chi connectivity index (χ3v) is 2.53. The predicted molar refractivity (Wildman–Crippen MR) is 77.8 cm³/mol. The Morgan fingerprint density at radius 3 is 2.75 bits per heavy atom. The first kappa shape index (κ1) is 14.0. The molecule has 0 unspecified atom stereocenters. The van der Waals surface area contributed by atoms with Gasteiger partial charge in [0.05, 0.1) is 6.33 Å². The Morgan fingerprint density at radius 2 is 2.00 bits per heavy atom. The highest BCUT2D eigenvalue weighted by Gasteiger charge is 2.01. The lowest BCUT2D eigenvalue weighted by Gasteiger charge is -2.10. The van der Waals surface area contributed by atoms with Gasteiger partial charge in [-0.15, -0.1) is 0 Å². The van der Waals surface area contributed by atoms with Crippen molar-refractivity contribution in [1.82, 2.24) is 19.9 Å². The Hall–Kier alpha value is -2.44. The number of nitrogens with one attached hydrogen (secondary N) is 3. The van der Waals surface area contributed by atoms with E-state index in [0.717, 1.165) is 17.3 Å². The number of aromatic amines is 1. The van der Waals surface area contributed by atoms with E-state index in [1.54, 1.807) is 0 Å². The fraction of sp³-hybridized carbons (Fsp3) is 0.385. The van der Waals surface area contributed by atoms with E-state index in [1.165, 1.54) is 18.7 Å². The first-order valence-electron chi connectivity index (χ1n) is 6.49. The van der Waals surface area contributed by atoms with Gasteiger partial charge >= 0.3 is 0 Å². The topological polar surface area (TPSA) is 95.6 Å². The van der Waals surface area contributed by atoms with Crippen LogP contribution in [0, 0.1) is 0 Å². The molecule has 2 aromatic rings. The van der Waals surface area contributed by atoms with E-state index in [-0.39, 0.29) is 5.56 Å². The number of anilines is 2. The van der Waals surface area contributed by atoms with E-state index >= 15 is 0 Å². The van der Waals surface area contributed by atoms with Gasteiger partial charge in [0.2, 0.25) is 0 Å². The van der Waals surface area contributed by atoms with Gasteiger partial charge in [-0.25, -0.2) is 15.0 Å². The molecule has 0 bridgehead atoms. The van der Waals surface area contributed by atoms with Crippen molar-refractivity contribution in [1.29, 1.82) is 0 Å². The third-order valence-electron chi connectivity index (χ3n) is 2.53. The second-order valence-corrected chi connectivity index (χ2v) is 4.67. The first-order chi connectivity index (χ1) is 9.63. The fourth-order valence-electron chi connectivity index (χ4n) is 1.69. The van der Waals surface area contributed by atoms with Crippen molar-refractivity contribution in [3.05, 3.63) is 40.8 Å². The summed E-state index contributed by atoms with van der Waals surface area (Å²) in [6.07, 6.45) is 3.58. The zero-order chi connectivity index (χ0) is 14.4. The van der Waals surface area contributed by atoms with Crippen molar-refractivity contribution < 1.29 is 0 Å². The second-order valence-electron chi connectivity index (χ2n) is 4.67. The van der Waals surface area contributed by atoms with Crippen molar-refractivity contribution in [2.75, 3.05) is 17.2 Å². The summed E-state index contributed by atoms with van der Waals surface area (Å²) in [5.41, 5.74) is 0.608. The first-order valence-corrected chi connectivity index (χ1v) is 6.49. The van der Waals surface area contributed by atoms with Crippen LogP contribution in [-0.2, 0) is 6.42 Å². The van der Waals surface area contributed by atoms with E-state index < -0.39 is 0 Å². The summed E-state index contributed by atoms with van der Waals surface area (Å²) in [4.78, 5) is 26.0. The van der Waals surface area contributed by atoms with Crippen molar-refractivity contribution >= 4 is 11.6 Å². The largest absolute Gasteiger partial charge is 0.370 e. The summed E-state index contributed by atoms with van der Waals surface area (Å²) in [5, 5.41) is 6.39. The van der Waals surface area contributed by atoms with Crippen molar-refractivity contribution in [3.8, 4) is 0 Å². The summed E-state index contributed by atoms with van der Waals surface area (Å²) >= 11 is 0. The Morgan fingerprint density at radius 1 is 1.20 bits per heavy atom. The standard InChI is InChI=1S/C13H18N6O/c1-9(2)19-12-6-11(16-8-17-12)14-4-3-10-5-13(20)18-7-15-10/h5-9H,3-4H2,1-2H3,(H,15,18,20)(H2,14,16,17,19). The van der Waals surface area contributed by atoms with E-state index in [2.05, 4.69) is 30.6 Å². The van der Waals surface area contributed by atoms with Gasteiger partial charge in [0.25, 0.3) is 5.56 Å². The Kier molecular flexibility index (Phi) is 4.65. The Bertz CT molecular complexity index is 610. The van der Waals surface area contributed by atoms with Crippen LogP contribution in [0.2, 0.25) is 0 Å². The molecular formula is C13H18N6O. The maximum atomic E-state index is 11.1. The quantitative estimate of drug-likeness (QED) is 0.728. The third kappa shape index (κ3) is 4.34. The van der Waals surface area contributed by atoms with Crippen LogP contribution in [0.4, 0.5) is 11.6 Å².